The Morgan fingerprint density at radius 3 is 2.45 bits per heavy atom. The molecular formula is C23H28N2O5S. The van der Waals surface area contributed by atoms with E-state index in [-0.39, 0.29) is 22.6 Å². The number of carbonyl (C=O) groups excluding carboxylic acids is 1. The van der Waals surface area contributed by atoms with Crippen LogP contribution in [0.15, 0.2) is 47.4 Å². The summed E-state index contributed by atoms with van der Waals surface area (Å²) in [4.78, 5) is 15.3. The number of rotatable bonds is 6. The molecule has 31 heavy (non-hydrogen) atoms. The maximum absolute atomic E-state index is 13.4. The molecule has 2 fully saturated rings. The third kappa shape index (κ3) is 4.14. The van der Waals surface area contributed by atoms with Crippen LogP contribution >= 0.6 is 0 Å². The van der Waals surface area contributed by atoms with Crippen LogP contribution in [0.2, 0.25) is 0 Å². The van der Waals surface area contributed by atoms with E-state index in [2.05, 4.69) is 0 Å². The van der Waals surface area contributed by atoms with Crippen LogP contribution in [-0.2, 0) is 10.0 Å². The van der Waals surface area contributed by atoms with E-state index < -0.39 is 10.0 Å². The van der Waals surface area contributed by atoms with E-state index in [1.165, 1.54) is 17.5 Å². The van der Waals surface area contributed by atoms with Gasteiger partial charge in [0.25, 0.3) is 5.91 Å². The lowest BCUT2D eigenvalue weighted by atomic mass is 10.0. The Hall–Kier alpha value is -2.58. The monoisotopic (exact) mass is 444 g/mol. The van der Waals surface area contributed by atoms with Crippen LogP contribution < -0.4 is 9.47 Å². The van der Waals surface area contributed by atoms with Gasteiger partial charge in [0.15, 0.2) is 0 Å². The molecule has 0 aromatic heterocycles. The van der Waals surface area contributed by atoms with Crippen molar-refractivity contribution < 1.29 is 22.7 Å². The van der Waals surface area contributed by atoms with Crippen LogP contribution in [0.1, 0.15) is 47.6 Å². The molecule has 2 aromatic rings. The van der Waals surface area contributed by atoms with Gasteiger partial charge in [0.2, 0.25) is 10.0 Å². The van der Waals surface area contributed by atoms with E-state index in [1.54, 1.807) is 19.2 Å². The molecular weight excluding hydrogens is 416 g/mol. The predicted molar refractivity (Wildman–Crippen MR) is 117 cm³/mol. The first kappa shape index (κ1) is 21.6. The molecule has 0 N–H and O–H groups in total. The number of amides is 1. The lowest BCUT2D eigenvalue weighted by molar-refractivity contribution is 0.0735. The maximum Gasteiger partial charge on any atom is 0.254 e. The maximum atomic E-state index is 13.4. The van der Waals surface area contributed by atoms with Gasteiger partial charge in [-0.05, 0) is 61.6 Å². The summed E-state index contributed by atoms with van der Waals surface area (Å²) in [6.45, 7) is 1.61. The largest absolute Gasteiger partial charge is 0.497 e. The first-order chi connectivity index (χ1) is 15.0. The van der Waals surface area contributed by atoms with Gasteiger partial charge in [0.05, 0.1) is 20.3 Å². The molecule has 1 atom stereocenters. The normalized spacial score (nSPS) is 19.5. The van der Waals surface area contributed by atoms with E-state index in [0.717, 1.165) is 37.0 Å². The third-order valence-corrected chi connectivity index (χ3v) is 8.01. The van der Waals surface area contributed by atoms with Crippen molar-refractivity contribution in [1.29, 1.82) is 0 Å². The third-order valence-electron chi connectivity index (χ3n) is 6.09. The van der Waals surface area contributed by atoms with Gasteiger partial charge in [-0.2, -0.15) is 4.31 Å². The van der Waals surface area contributed by atoms with Crippen molar-refractivity contribution in [3.05, 3.63) is 53.6 Å². The molecule has 0 unspecified atom stereocenters. The summed E-state index contributed by atoms with van der Waals surface area (Å²) in [5, 5.41) is 0. The topological polar surface area (TPSA) is 76.1 Å². The molecule has 2 saturated heterocycles. The van der Waals surface area contributed by atoms with Crippen molar-refractivity contribution in [1.82, 2.24) is 9.21 Å². The predicted octanol–water partition coefficient (Wildman–Crippen LogP) is 3.47. The summed E-state index contributed by atoms with van der Waals surface area (Å²) >= 11 is 0. The highest BCUT2D eigenvalue weighted by Crippen LogP contribution is 2.36. The Morgan fingerprint density at radius 2 is 1.74 bits per heavy atom. The Kier molecular flexibility index (Phi) is 6.20. The van der Waals surface area contributed by atoms with Crippen molar-refractivity contribution in [2.75, 3.05) is 33.9 Å². The van der Waals surface area contributed by atoms with Crippen LogP contribution in [0.4, 0.5) is 0 Å². The number of likely N-dealkylation sites (tertiary alicyclic amines) is 1. The second-order valence-corrected chi connectivity index (χ2v) is 9.82. The summed E-state index contributed by atoms with van der Waals surface area (Å²) in [6.07, 6.45) is 3.43. The fourth-order valence-electron chi connectivity index (χ4n) is 4.45. The molecule has 0 aliphatic carbocycles. The zero-order valence-corrected chi connectivity index (χ0v) is 18.7. The number of sulfonamides is 1. The SMILES string of the molecule is COc1cccc([C@H]2CCCN2C(=O)c2ccc(OC)c(S(=O)(=O)N3CCCC3)c2)c1. The van der Waals surface area contributed by atoms with Crippen LogP contribution in [0.25, 0.3) is 0 Å². The summed E-state index contributed by atoms with van der Waals surface area (Å²) in [5.74, 6) is 0.834. The standard InChI is InChI=1S/C23H28N2O5S/c1-29-19-8-5-7-17(15-19)20-9-6-14-25(20)23(26)18-10-11-21(30-2)22(16-18)31(27,28)24-12-3-4-13-24/h5,7-8,10-11,15-16,20H,3-4,6,9,12-14H2,1-2H3/t20-/m1/s1. The molecule has 8 heteroatoms. The van der Waals surface area contributed by atoms with Crippen molar-refractivity contribution in [3.8, 4) is 11.5 Å². The smallest absolute Gasteiger partial charge is 0.254 e. The minimum Gasteiger partial charge on any atom is -0.497 e. The molecule has 7 nitrogen and oxygen atoms in total. The zero-order chi connectivity index (χ0) is 22.0. The average Bonchev–Trinajstić information content (AvgIpc) is 3.51. The first-order valence-corrected chi connectivity index (χ1v) is 12.0. The number of nitrogens with zero attached hydrogens (tertiary/aromatic N) is 2. The lowest BCUT2D eigenvalue weighted by Gasteiger charge is -2.26. The average molecular weight is 445 g/mol. The Morgan fingerprint density at radius 1 is 0.968 bits per heavy atom. The summed E-state index contributed by atoms with van der Waals surface area (Å²) < 4.78 is 38.5. The summed E-state index contributed by atoms with van der Waals surface area (Å²) in [7, 11) is -0.650. The van der Waals surface area contributed by atoms with Gasteiger partial charge in [0.1, 0.15) is 16.4 Å². The molecule has 2 heterocycles. The van der Waals surface area contributed by atoms with E-state index >= 15 is 0 Å². The molecule has 0 radical (unpaired) electrons. The Labute approximate surface area is 183 Å². The highest BCUT2D eigenvalue weighted by Gasteiger charge is 2.34. The Balaban J connectivity index is 1.66. The molecule has 0 bridgehead atoms. The van der Waals surface area contributed by atoms with Crippen molar-refractivity contribution in [2.24, 2.45) is 0 Å². The van der Waals surface area contributed by atoms with Crippen LogP contribution in [0.3, 0.4) is 0 Å². The van der Waals surface area contributed by atoms with Crippen LogP contribution in [-0.4, -0.2) is 57.4 Å². The lowest BCUT2D eigenvalue weighted by Crippen LogP contribution is -2.31. The van der Waals surface area contributed by atoms with E-state index in [0.29, 0.717) is 25.2 Å². The molecule has 2 aliphatic rings. The van der Waals surface area contributed by atoms with Gasteiger partial charge in [-0.15, -0.1) is 0 Å². The van der Waals surface area contributed by atoms with Crippen molar-refractivity contribution in [3.63, 3.8) is 0 Å². The van der Waals surface area contributed by atoms with Crippen molar-refractivity contribution >= 4 is 15.9 Å². The number of carbonyl (C=O) groups is 1. The highest BCUT2D eigenvalue weighted by atomic mass is 32.2. The van der Waals surface area contributed by atoms with Gasteiger partial charge < -0.3 is 14.4 Å². The van der Waals surface area contributed by atoms with Crippen molar-refractivity contribution in [2.45, 2.75) is 36.6 Å². The number of benzene rings is 2. The number of hydrogen-bond donors (Lipinski definition) is 0. The number of ether oxygens (including phenoxy) is 2. The van der Waals surface area contributed by atoms with Gasteiger partial charge in [-0.3, -0.25) is 4.79 Å². The number of methoxy groups -OCH3 is 2. The summed E-state index contributed by atoms with van der Waals surface area (Å²) in [6, 6.07) is 12.4. The minimum atomic E-state index is -3.71. The molecule has 0 spiro atoms. The zero-order valence-electron chi connectivity index (χ0n) is 17.9. The number of hydrogen-bond acceptors (Lipinski definition) is 5. The summed E-state index contributed by atoms with van der Waals surface area (Å²) in [5.41, 5.74) is 1.37. The van der Waals surface area contributed by atoms with E-state index in [4.69, 9.17) is 9.47 Å². The van der Waals surface area contributed by atoms with E-state index in [9.17, 15) is 13.2 Å². The molecule has 0 saturated carbocycles. The minimum absolute atomic E-state index is 0.0554. The van der Waals surface area contributed by atoms with E-state index in [1.807, 2.05) is 29.2 Å². The molecule has 166 valence electrons. The van der Waals surface area contributed by atoms with Gasteiger partial charge in [0, 0.05) is 25.2 Å². The van der Waals surface area contributed by atoms with Gasteiger partial charge in [-0.1, -0.05) is 12.1 Å². The Bertz CT molecular complexity index is 1060. The fraction of sp³-hybridized carbons (Fsp3) is 0.435. The molecule has 2 aromatic carbocycles. The van der Waals surface area contributed by atoms with Crippen LogP contribution in [0, 0.1) is 0 Å². The van der Waals surface area contributed by atoms with Gasteiger partial charge in [-0.25, -0.2) is 8.42 Å². The van der Waals surface area contributed by atoms with Gasteiger partial charge >= 0.3 is 0 Å². The molecule has 2 aliphatic heterocycles. The second-order valence-electron chi connectivity index (χ2n) is 7.91. The quantitative estimate of drug-likeness (QED) is 0.682. The second kappa shape index (κ2) is 8.88. The van der Waals surface area contributed by atoms with Crippen LogP contribution in [0.5, 0.6) is 11.5 Å². The molecule has 1 amide bonds. The first-order valence-electron chi connectivity index (χ1n) is 10.6. The highest BCUT2D eigenvalue weighted by molar-refractivity contribution is 7.89. The molecule has 4 rings (SSSR count). The fourth-order valence-corrected chi connectivity index (χ4v) is 6.15.